The predicted molar refractivity (Wildman–Crippen MR) is 75.6 cm³/mol. The molecule has 100 valence electrons. The van der Waals surface area contributed by atoms with Gasteiger partial charge in [0.2, 0.25) is 0 Å². The minimum Gasteiger partial charge on any atom is -0.219 e. The molecule has 1 aromatic carbocycles. The molecule has 0 aliphatic heterocycles. The van der Waals surface area contributed by atoms with E-state index in [-0.39, 0.29) is 5.82 Å². The molecule has 0 radical (unpaired) electrons. The van der Waals surface area contributed by atoms with E-state index >= 15 is 0 Å². The minimum atomic E-state index is -0.224. The van der Waals surface area contributed by atoms with Crippen molar-refractivity contribution in [1.82, 2.24) is 9.36 Å². The topological polar surface area (TPSA) is 25.8 Å². The summed E-state index contributed by atoms with van der Waals surface area (Å²) in [5, 5.41) is 0.823. The van der Waals surface area contributed by atoms with Crippen LogP contribution in [0.15, 0.2) is 24.3 Å². The van der Waals surface area contributed by atoms with Crippen LogP contribution in [0.2, 0.25) is 0 Å². The zero-order valence-electron chi connectivity index (χ0n) is 11.1. The first kappa shape index (κ1) is 12.7. The number of nitrogens with zero attached hydrogens (tertiary/aromatic N) is 2. The number of hydrogen-bond acceptors (Lipinski definition) is 3. The molecule has 4 heteroatoms. The lowest BCUT2D eigenvalue weighted by atomic mass is 10.0. The highest BCUT2D eigenvalue weighted by Crippen LogP contribution is 2.52. The fourth-order valence-electron chi connectivity index (χ4n) is 2.57. The van der Waals surface area contributed by atoms with Crippen LogP contribution in [0.5, 0.6) is 0 Å². The molecule has 3 rings (SSSR count). The Balaban J connectivity index is 1.78. The molecule has 0 bridgehead atoms. The smallest absolute Gasteiger partial charge is 0.146 e. The van der Waals surface area contributed by atoms with Gasteiger partial charge in [-0.15, -0.1) is 0 Å². The molecular formula is C15H17FN2S. The van der Waals surface area contributed by atoms with Gasteiger partial charge in [-0.25, -0.2) is 9.37 Å². The maximum absolute atomic E-state index is 13.2. The van der Waals surface area contributed by atoms with E-state index in [1.165, 1.54) is 36.5 Å². The largest absolute Gasteiger partial charge is 0.219 e. The Hall–Kier alpha value is -1.29. The van der Waals surface area contributed by atoms with Gasteiger partial charge in [0, 0.05) is 11.5 Å². The van der Waals surface area contributed by atoms with E-state index in [0.29, 0.717) is 5.92 Å². The second-order valence-electron chi connectivity index (χ2n) is 5.36. The molecular weight excluding hydrogens is 259 g/mol. The van der Waals surface area contributed by atoms with Gasteiger partial charge in [-0.1, -0.05) is 32.4 Å². The molecule has 2 aromatic rings. The van der Waals surface area contributed by atoms with Gasteiger partial charge in [0.05, 0.1) is 0 Å². The standard InChI is InChI=1S/C15H17FN2S/c1-3-9(2)12-8-13(12)14-17-15(19-18-14)10-5-4-6-11(16)7-10/h4-7,9,12-13H,3,8H2,1-2H3/t9?,12-,13+/m0/s1. The van der Waals surface area contributed by atoms with Crippen LogP contribution in [0, 0.1) is 17.7 Å². The van der Waals surface area contributed by atoms with Crippen molar-refractivity contribution < 1.29 is 4.39 Å². The Morgan fingerprint density at radius 1 is 1.47 bits per heavy atom. The molecule has 1 fully saturated rings. The molecule has 1 saturated carbocycles. The van der Waals surface area contributed by atoms with E-state index < -0.39 is 0 Å². The van der Waals surface area contributed by atoms with Crippen LogP contribution in [0.3, 0.4) is 0 Å². The molecule has 2 nitrogen and oxygen atoms in total. The van der Waals surface area contributed by atoms with Gasteiger partial charge in [0.25, 0.3) is 0 Å². The number of rotatable bonds is 4. The SMILES string of the molecule is CCC(C)[C@@H]1C[C@H]1c1nsc(-c2cccc(F)c2)n1. The Morgan fingerprint density at radius 2 is 2.32 bits per heavy atom. The number of aromatic nitrogens is 2. The Kier molecular flexibility index (Phi) is 3.35. The summed E-state index contributed by atoms with van der Waals surface area (Å²) in [6.45, 7) is 4.53. The van der Waals surface area contributed by atoms with Gasteiger partial charge in [0.1, 0.15) is 16.6 Å². The first-order valence-corrected chi connectivity index (χ1v) is 7.56. The molecule has 0 N–H and O–H groups in total. The third-order valence-electron chi connectivity index (χ3n) is 4.06. The highest BCUT2D eigenvalue weighted by atomic mass is 32.1. The zero-order chi connectivity index (χ0) is 13.4. The summed E-state index contributed by atoms with van der Waals surface area (Å²) < 4.78 is 17.7. The fourth-order valence-corrected chi connectivity index (χ4v) is 3.29. The van der Waals surface area contributed by atoms with Crippen LogP contribution in [0.4, 0.5) is 4.39 Å². The van der Waals surface area contributed by atoms with Crippen molar-refractivity contribution in [3.05, 3.63) is 35.9 Å². The van der Waals surface area contributed by atoms with Crippen LogP contribution in [0.25, 0.3) is 10.6 Å². The fraction of sp³-hybridized carbons (Fsp3) is 0.467. The van der Waals surface area contributed by atoms with Crippen LogP contribution in [-0.2, 0) is 0 Å². The van der Waals surface area contributed by atoms with Gasteiger partial charge in [-0.05, 0) is 41.9 Å². The molecule has 3 atom stereocenters. The average molecular weight is 276 g/mol. The molecule has 1 heterocycles. The molecule has 19 heavy (non-hydrogen) atoms. The summed E-state index contributed by atoms with van der Waals surface area (Å²) in [6.07, 6.45) is 2.41. The van der Waals surface area contributed by atoms with Crippen LogP contribution >= 0.6 is 11.5 Å². The highest BCUT2D eigenvalue weighted by molar-refractivity contribution is 7.09. The van der Waals surface area contributed by atoms with Crippen molar-refractivity contribution in [2.75, 3.05) is 0 Å². The molecule has 1 unspecified atom stereocenters. The van der Waals surface area contributed by atoms with Crippen molar-refractivity contribution >= 4 is 11.5 Å². The summed E-state index contributed by atoms with van der Waals surface area (Å²) in [7, 11) is 0. The molecule has 1 aliphatic carbocycles. The van der Waals surface area contributed by atoms with Crippen molar-refractivity contribution in [3.8, 4) is 10.6 Å². The van der Waals surface area contributed by atoms with Crippen molar-refractivity contribution in [2.45, 2.75) is 32.6 Å². The van der Waals surface area contributed by atoms with Gasteiger partial charge < -0.3 is 0 Å². The van der Waals surface area contributed by atoms with E-state index in [9.17, 15) is 4.39 Å². The lowest BCUT2D eigenvalue weighted by Gasteiger charge is -2.04. The third kappa shape index (κ3) is 2.54. The highest BCUT2D eigenvalue weighted by Gasteiger charge is 2.43. The molecule has 0 amide bonds. The normalized spacial score (nSPS) is 23.3. The van der Waals surface area contributed by atoms with E-state index in [2.05, 4.69) is 23.2 Å². The lowest BCUT2D eigenvalue weighted by Crippen LogP contribution is -1.97. The summed E-state index contributed by atoms with van der Waals surface area (Å²) in [5.41, 5.74) is 0.824. The quantitative estimate of drug-likeness (QED) is 0.822. The summed E-state index contributed by atoms with van der Waals surface area (Å²) in [4.78, 5) is 4.59. The van der Waals surface area contributed by atoms with Crippen LogP contribution in [-0.4, -0.2) is 9.36 Å². The van der Waals surface area contributed by atoms with Crippen molar-refractivity contribution in [3.63, 3.8) is 0 Å². The van der Waals surface area contributed by atoms with E-state index in [0.717, 1.165) is 28.2 Å². The molecule has 1 aliphatic rings. The number of halogens is 1. The Labute approximate surface area is 116 Å². The summed E-state index contributed by atoms with van der Waals surface area (Å²) >= 11 is 1.37. The third-order valence-corrected chi connectivity index (χ3v) is 4.84. The first-order chi connectivity index (χ1) is 9.19. The monoisotopic (exact) mass is 276 g/mol. The summed E-state index contributed by atoms with van der Waals surface area (Å²) in [5.74, 6) is 2.73. The van der Waals surface area contributed by atoms with Crippen molar-refractivity contribution in [2.24, 2.45) is 11.8 Å². The average Bonchev–Trinajstić information content (AvgIpc) is 3.07. The van der Waals surface area contributed by atoms with Gasteiger partial charge in [-0.2, -0.15) is 4.37 Å². The van der Waals surface area contributed by atoms with Crippen molar-refractivity contribution in [1.29, 1.82) is 0 Å². The molecule has 1 aromatic heterocycles. The van der Waals surface area contributed by atoms with E-state index in [1.54, 1.807) is 6.07 Å². The zero-order valence-corrected chi connectivity index (χ0v) is 12.0. The maximum atomic E-state index is 13.2. The van der Waals surface area contributed by atoms with Gasteiger partial charge in [0.15, 0.2) is 0 Å². The second kappa shape index (κ2) is 5.00. The van der Waals surface area contributed by atoms with Crippen LogP contribution < -0.4 is 0 Å². The minimum absolute atomic E-state index is 0.224. The number of benzene rings is 1. The maximum Gasteiger partial charge on any atom is 0.146 e. The number of hydrogen-bond donors (Lipinski definition) is 0. The molecule has 0 spiro atoms. The van der Waals surface area contributed by atoms with E-state index in [4.69, 9.17) is 0 Å². The Bertz CT molecular complexity index is 581. The predicted octanol–water partition coefficient (Wildman–Crippen LogP) is 4.49. The van der Waals surface area contributed by atoms with Gasteiger partial charge >= 0.3 is 0 Å². The second-order valence-corrected chi connectivity index (χ2v) is 6.11. The summed E-state index contributed by atoms with van der Waals surface area (Å²) in [6, 6.07) is 6.56. The lowest BCUT2D eigenvalue weighted by molar-refractivity contribution is 0.479. The Morgan fingerprint density at radius 3 is 3.05 bits per heavy atom. The van der Waals surface area contributed by atoms with E-state index in [1.807, 2.05) is 6.07 Å². The van der Waals surface area contributed by atoms with Gasteiger partial charge in [-0.3, -0.25) is 0 Å². The molecule has 0 saturated heterocycles. The van der Waals surface area contributed by atoms with Crippen LogP contribution in [0.1, 0.15) is 38.4 Å². The first-order valence-electron chi connectivity index (χ1n) is 6.78.